The smallest absolute Gasteiger partial charge is 0.378 e. The molecule has 1 fully saturated rings. The molecule has 1 aliphatic rings. The Morgan fingerprint density at radius 2 is 2.00 bits per heavy atom. The minimum atomic E-state index is -4.44. The van der Waals surface area contributed by atoms with Gasteiger partial charge in [0, 0.05) is 31.5 Å². The lowest BCUT2D eigenvalue weighted by Crippen LogP contribution is -2.40. The lowest BCUT2D eigenvalue weighted by atomic mass is 10.1. The van der Waals surface area contributed by atoms with Gasteiger partial charge in [0.05, 0.1) is 18.8 Å². The molecule has 25 heavy (non-hydrogen) atoms. The summed E-state index contributed by atoms with van der Waals surface area (Å²) in [5.74, 6) is 0.246. The van der Waals surface area contributed by atoms with E-state index in [2.05, 4.69) is 10.1 Å². The van der Waals surface area contributed by atoms with Gasteiger partial charge in [0.1, 0.15) is 0 Å². The number of alkyl halides is 3. The van der Waals surface area contributed by atoms with Crippen LogP contribution in [0.25, 0.3) is 11.4 Å². The first-order chi connectivity index (χ1) is 11.9. The zero-order chi connectivity index (χ0) is 17.9. The van der Waals surface area contributed by atoms with Crippen LogP contribution in [0, 0.1) is 0 Å². The van der Waals surface area contributed by atoms with Crippen molar-refractivity contribution in [1.82, 2.24) is 15.0 Å². The van der Waals surface area contributed by atoms with E-state index in [1.54, 1.807) is 4.90 Å². The van der Waals surface area contributed by atoms with Gasteiger partial charge in [-0.05, 0) is 12.1 Å². The van der Waals surface area contributed by atoms with E-state index < -0.39 is 11.7 Å². The third-order valence-corrected chi connectivity index (χ3v) is 3.83. The maximum atomic E-state index is 12.8. The first kappa shape index (κ1) is 17.4. The average Bonchev–Trinajstić information content (AvgIpc) is 3.09. The van der Waals surface area contributed by atoms with Crippen molar-refractivity contribution in [1.29, 1.82) is 0 Å². The molecular weight excluding hydrogens is 339 g/mol. The van der Waals surface area contributed by atoms with Crippen molar-refractivity contribution in [3.05, 3.63) is 35.7 Å². The molecule has 1 aliphatic heterocycles. The zero-order valence-electron chi connectivity index (χ0n) is 13.3. The number of amides is 1. The molecule has 0 spiro atoms. The quantitative estimate of drug-likeness (QED) is 0.843. The SMILES string of the molecule is O=C(CCc1nc(-c2cccc(C(F)(F)F)c2)no1)N1CCOCC1. The van der Waals surface area contributed by atoms with Gasteiger partial charge >= 0.3 is 6.18 Å². The number of rotatable bonds is 4. The second-order valence-electron chi connectivity index (χ2n) is 5.58. The summed E-state index contributed by atoms with van der Waals surface area (Å²) in [6.45, 7) is 2.15. The molecule has 0 atom stereocenters. The zero-order valence-corrected chi connectivity index (χ0v) is 13.3. The van der Waals surface area contributed by atoms with E-state index in [0.29, 0.717) is 26.3 Å². The number of ether oxygens (including phenoxy) is 1. The van der Waals surface area contributed by atoms with E-state index in [1.807, 2.05) is 0 Å². The van der Waals surface area contributed by atoms with Crippen molar-refractivity contribution < 1.29 is 27.2 Å². The highest BCUT2D eigenvalue weighted by molar-refractivity contribution is 5.76. The molecule has 2 heterocycles. The third-order valence-electron chi connectivity index (χ3n) is 3.83. The molecule has 1 aromatic carbocycles. The predicted octanol–water partition coefficient (Wildman–Crippen LogP) is 2.55. The van der Waals surface area contributed by atoms with Gasteiger partial charge in [-0.3, -0.25) is 4.79 Å². The molecule has 2 aromatic rings. The lowest BCUT2D eigenvalue weighted by molar-refractivity contribution is -0.137. The van der Waals surface area contributed by atoms with Crippen molar-refractivity contribution in [2.24, 2.45) is 0 Å². The van der Waals surface area contributed by atoms with E-state index in [4.69, 9.17) is 9.26 Å². The number of morpholine rings is 1. The molecule has 3 rings (SSSR count). The van der Waals surface area contributed by atoms with Crippen LogP contribution in [0.5, 0.6) is 0 Å². The summed E-state index contributed by atoms with van der Waals surface area (Å²) in [5, 5.41) is 3.70. The van der Waals surface area contributed by atoms with E-state index >= 15 is 0 Å². The summed E-state index contributed by atoms with van der Waals surface area (Å²) in [6.07, 6.45) is -4.00. The minimum absolute atomic E-state index is 0.0397. The van der Waals surface area contributed by atoms with Crippen molar-refractivity contribution in [3.63, 3.8) is 0 Å². The van der Waals surface area contributed by atoms with Crippen LogP contribution in [0.1, 0.15) is 17.9 Å². The normalized spacial score (nSPS) is 15.4. The summed E-state index contributed by atoms with van der Waals surface area (Å²) < 4.78 is 48.5. The summed E-state index contributed by atoms with van der Waals surface area (Å²) in [6, 6.07) is 4.71. The maximum absolute atomic E-state index is 12.8. The van der Waals surface area contributed by atoms with Crippen LogP contribution in [0.2, 0.25) is 0 Å². The Bertz CT molecular complexity index is 739. The summed E-state index contributed by atoms with van der Waals surface area (Å²) in [7, 11) is 0. The van der Waals surface area contributed by atoms with Crippen LogP contribution >= 0.6 is 0 Å². The van der Waals surface area contributed by atoms with Crippen LogP contribution in [0.15, 0.2) is 28.8 Å². The molecule has 6 nitrogen and oxygen atoms in total. The first-order valence-corrected chi connectivity index (χ1v) is 7.79. The number of hydrogen-bond acceptors (Lipinski definition) is 5. The molecule has 1 aromatic heterocycles. The molecule has 134 valence electrons. The van der Waals surface area contributed by atoms with Gasteiger partial charge < -0.3 is 14.2 Å². The summed E-state index contributed by atoms with van der Waals surface area (Å²) >= 11 is 0. The number of aryl methyl sites for hydroxylation is 1. The van der Waals surface area contributed by atoms with Gasteiger partial charge in [-0.2, -0.15) is 18.2 Å². The standard InChI is InChI=1S/C16H16F3N3O3/c17-16(18,19)12-3-1-2-11(10-12)15-20-13(25-21-15)4-5-14(23)22-6-8-24-9-7-22/h1-3,10H,4-9H2. The average molecular weight is 355 g/mol. The molecule has 0 saturated carbocycles. The van der Waals surface area contributed by atoms with Crippen LogP contribution in [0.3, 0.4) is 0 Å². The van der Waals surface area contributed by atoms with Crippen LogP contribution < -0.4 is 0 Å². The van der Waals surface area contributed by atoms with E-state index in [-0.39, 0.29) is 36.0 Å². The van der Waals surface area contributed by atoms with E-state index in [0.717, 1.165) is 12.1 Å². The maximum Gasteiger partial charge on any atom is 0.416 e. The van der Waals surface area contributed by atoms with Crippen molar-refractivity contribution >= 4 is 5.91 Å². The van der Waals surface area contributed by atoms with Crippen molar-refractivity contribution in [2.45, 2.75) is 19.0 Å². The number of benzene rings is 1. The minimum Gasteiger partial charge on any atom is -0.378 e. The lowest BCUT2D eigenvalue weighted by Gasteiger charge is -2.26. The Labute approximate surface area is 141 Å². The molecule has 1 amide bonds. The molecule has 0 unspecified atom stereocenters. The Kier molecular flexibility index (Phi) is 5.03. The van der Waals surface area contributed by atoms with E-state index in [1.165, 1.54) is 12.1 Å². The Balaban J connectivity index is 1.63. The monoisotopic (exact) mass is 355 g/mol. The number of carbonyl (C=O) groups is 1. The Morgan fingerprint density at radius 3 is 2.72 bits per heavy atom. The third kappa shape index (κ3) is 4.36. The predicted molar refractivity (Wildman–Crippen MR) is 80.5 cm³/mol. The second-order valence-corrected chi connectivity index (χ2v) is 5.58. The van der Waals surface area contributed by atoms with Crippen LogP contribution in [-0.2, 0) is 22.1 Å². The molecule has 0 bridgehead atoms. The van der Waals surface area contributed by atoms with Crippen LogP contribution in [0.4, 0.5) is 13.2 Å². The number of nitrogens with zero attached hydrogens (tertiary/aromatic N) is 3. The van der Waals surface area contributed by atoms with Gasteiger partial charge in [-0.15, -0.1) is 0 Å². The highest BCUT2D eigenvalue weighted by Crippen LogP contribution is 2.31. The van der Waals surface area contributed by atoms with Crippen LogP contribution in [-0.4, -0.2) is 47.3 Å². The second kappa shape index (κ2) is 7.22. The van der Waals surface area contributed by atoms with Gasteiger partial charge in [0.25, 0.3) is 0 Å². The van der Waals surface area contributed by atoms with Crippen molar-refractivity contribution in [2.75, 3.05) is 26.3 Å². The van der Waals surface area contributed by atoms with Gasteiger partial charge in [-0.1, -0.05) is 17.3 Å². The van der Waals surface area contributed by atoms with Gasteiger partial charge in [-0.25, -0.2) is 0 Å². The number of aromatic nitrogens is 2. The fraction of sp³-hybridized carbons (Fsp3) is 0.438. The molecular formula is C16H16F3N3O3. The fourth-order valence-corrected chi connectivity index (χ4v) is 2.49. The Morgan fingerprint density at radius 1 is 1.24 bits per heavy atom. The molecule has 9 heteroatoms. The largest absolute Gasteiger partial charge is 0.416 e. The Hall–Kier alpha value is -2.42. The van der Waals surface area contributed by atoms with E-state index in [9.17, 15) is 18.0 Å². The molecule has 0 radical (unpaired) electrons. The summed E-state index contributed by atoms with van der Waals surface area (Å²) in [4.78, 5) is 17.8. The fourth-order valence-electron chi connectivity index (χ4n) is 2.49. The molecule has 0 N–H and O–H groups in total. The number of halogens is 3. The summed E-state index contributed by atoms with van der Waals surface area (Å²) in [5.41, 5.74) is -0.567. The highest BCUT2D eigenvalue weighted by Gasteiger charge is 2.30. The van der Waals surface area contributed by atoms with Gasteiger partial charge in [0.15, 0.2) is 0 Å². The number of hydrogen-bond donors (Lipinski definition) is 0. The number of carbonyl (C=O) groups excluding carboxylic acids is 1. The topological polar surface area (TPSA) is 68.5 Å². The van der Waals surface area contributed by atoms with Crippen molar-refractivity contribution in [3.8, 4) is 11.4 Å². The first-order valence-electron chi connectivity index (χ1n) is 7.79. The highest BCUT2D eigenvalue weighted by atomic mass is 19.4. The van der Waals surface area contributed by atoms with Gasteiger partial charge in [0.2, 0.25) is 17.6 Å². The molecule has 0 aliphatic carbocycles. The molecule has 1 saturated heterocycles.